The summed E-state index contributed by atoms with van der Waals surface area (Å²) in [5, 5.41) is 7.48. The molecule has 0 heterocycles. The minimum Gasteiger partial charge on any atom is -0.461 e. The first-order chi connectivity index (χ1) is 34.4. The molecule has 0 unspecified atom stereocenters. The summed E-state index contributed by atoms with van der Waals surface area (Å²) in [5.41, 5.74) is 3.25. The molecule has 366 valence electrons. The third kappa shape index (κ3) is 13.3. The lowest BCUT2D eigenvalue weighted by atomic mass is 9.80. The second kappa shape index (κ2) is 25.3. The van der Waals surface area contributed by atoms with Crippen molar-refractivity contribution < 1.29 is 57.2 Å². The molecule has 0 saturated heterocycles. The number of esters is 4. The summed E-state index contributed by atoms with van der Waals surface area (Å²) in [5.74, 6) is -6.70. The Hall–Kier alpha value is -8.30. The van der Waals surface area contributed by atoms with Crippen LogP contribution >= 0.6 is 11.6 Å². The van der Waals surface area contributed by atoms with Gasteiger partial charge in [-0.1, -0.05) is 177 Å². The molecule has 0 bridgehead atoms. The zero-order valence-electron chi connectivity index (χ0n) is 38.6. The van der Waals surface area contributed by atoms with Crippen LogP contribution in [0.25, 0.3) is 11.1 Å². The smallest absolute Gasteiger partial charge is 0.407 e. The third-order valence-electron chi connectivity index (χ3n) is 11.3. The fourth-order valence-corrected chi connectivity index (χ4v) is 8.30. The van der Waals surface area contributed by atoms with E-state index in [0.29, 0.717) is 16.7 Å². The summed E-state index contributed by atoms with van der Waals surface area (Å²) in [6, 6.07) is 33.9. The molecular weight excluding hydrogens is 930 g/mol. The maximum Gasteiger partial charge on any atom is 0.407 e. The lowest BCUT2D eigenvalue weighted by Gasteiger charge is -2.37. The molecular formula is C55H52ClN3O12. The van der Waals surface area contributed by atoms with Gasteiger partial charge in [0.25, 0.3) is 0 Å². The van der Waals surface area contributed by atoms with Crippen LogP contribution in [0.5, 0.6) is 0 Å². The molecule has 5 aromatic rings. The lowest BCUT2D eigenvalue weighted by molar-refractivity contribution is -0.161. The fourth-order valence-electron chi connectivity index (χ4n) is 8.04. The summed E-state index contributed by atoms with van der Waals surface area (Å²) < 4.78 is 27.7. The van der Waals surface area contributed by atoms with Gasteiger partial charge in [0, 0.05) is 27.6 Å². The summed E-state index contributed by atoms with van der Waals surface area (Å²) in [4.78, 5) is 96.6. The van der Waals surface area contributed by atoms with Gasteiger partial charge in [0.15, 0.2) is 5.60 Å². The SMILES string of the molecule is C=CCOC(=O)C[C@H](NC(=O)OCC1c2ccccc2-c2ccccc21)C(=O)N[C@@H](CC(=O)OCC=C)C(=O)N[C@@H](CC(=O)OCC=C)C(=O)OC(c1ccccc1)(c1ccccc1)c1ccccc1Cl. The molecule has 15 nitrogen and oxygen atoms in total. The highest BCUT2D eigenvalue weighted by Crippen LogP contribution is 2.45. The summed E-state index contributed by atoms with van der Waals surface area (Å²) in [6.45, 7) is 9.72. The molecule has 3 N–H and O–H groups in total. The number of fused-ring (bicyclic) bond motifs is 3. The van der Waals surface area contributed by atoms with Gasteiger partial charge in [0.05, 0.1) is 19.3 Å². The number of ether oxygens (including phenoxy) is 5. The van der Waals surface area contributed by atoms with E-state index in [1.165, 1.54) is 18.2 Å². The maximum absolute atomic E-state index is 14.9. The van der Waals surface area contributed by atoms with E-state index in [1.807, 2.05) is 48.5 Å². The first-order valence-electron chi connectivity index (χ1n) is 22.5. The molecule has 0 fully saturated rings. The van der Waals surface area contributed by atoms with Crippen LogP contribution in [0.1, 0.15) is 53.0 Å². The molecule has 0 aromatic heterocycles. The molecule has 0 saturated carbocycles. The van der Waals surface area contributed by atoms with E-state index in [-0.39, 0.29) is 37.4 Å². The average Bonchev–Trinajstić information content (AvgIpc) is 3.71. The van der Waals surface area contributed by atoms with Crippen LogP contribution in [0, 0.1) is 0 Å². The first kappa shape index (κ1) is 52.1. The highest BCUT2D eigenvalue weighted by atomic mass is 35.5. The Labute approximate surface area is 415 Å². The average molecular weight is 982 g/mol. The molecule has 16 heteroatoms. The van der Waals surface area contributed by atoms with Crippen LogP contribution in [-0.4, -0.2) is 86.3 Å². The van der Waals surface area contributed by atoms with Gasteiger partial charge in [0.1, 0.15) is 44.6 Å². The maximum atomic E-state index is 14.9. The van der Waals surface area contributed by atoms with Crippen LogP contribution in [0.4, 0.5) is 4.79 Å². The second-order valence-electron chi connectivity index (χ2n) is 16.0. The van der Waals surface area contributed by atoms with Crippen LogP contribution in [-0.2, 0) is 58.1 Å². The van der Waals surface area contributed by atoms with Crippen LogP contribution in [0.3, 0.4) is 0 Å². The number of amides is 3. The van der Waals surface area contributed by atoms with E-state index >= 15 is 0 Å². The predicted octanol–water partition coefficient (Wildman–Crippen LogP) is 7.41. The highest BCUT2D eigenvalue weighted by molar-refractivity contribution is 6.31. The van der Waals surface area contributed by atoms with Gasteiger partial charge in [0.2, 0.25) is 11.8 Å². The number of nitrogens with one attached hydrogen (secondary N) is 3. The lowest BCUT2D eigenvalue weighted by Crippen LogP contribution is -2.57. The molecule has 6 rings (SSSR count). The van der Waals surface area contributed by atoms with E-state index in [9.17, 15) is 33.6 Å². The zero-order valence-corrected chi connectivity index (χ0v) is 39.3. The monoisotopic (exact) mass is 981 g/mol. The van der Waals surface area contributed by atoms with E-state index in [1.54, 1.807) is 84.9 Å². The van der Waals surface area contributed by atoms with Crippen molar-refractivity contribution in [3.63, 3.8) is 0 Å². The molecule has 1 aliphatic rings. The van der Waals surface area contributed by atoms with E-state index in [4.69, 9.17) is 35.3 Å². The van der Waals surface area contributed by atoms with Crippen molar-refractivity contribution in [1.82, 2.24) is 16.0 Å². The number of alkyl carbamates (subject to hydrolysis) is 1. The van der Waals surface area contributed by atoms with Gasteiger partial charge in [-0.15, -0.1) is 0 Å². The molecule has 71 heavy (non-hydrogen) atoms. The van der Waals surface area contributed by atoms with Crippen molar-refractivity contribution in [2.24, 2.45) is 0 Å². The minimum absolute atomic E-state index is 0.145. The van der Waals surface area contributed by atoms with Gasteiger partial charge in [-0.2, -0.15) is 0 Å². The molecule has 1 aliphatic carbocycles. The highest BCUT2D eigenvalue weighted by Gasteiger charge is 2.45. The van der Waals surface area contributed by atoms with E-state index in [0.717, 1.165) is 22.3 Å². The zero-order chi connectivity index (χ0) is 50.8. The van der Waals surface area contributed by atoms with Crippen LogP contribution < -0.4 is 16.0 Å². The largest absolute Gasteiger partial charge is 0.461 e. The van der Waals surface area contributed by atoms with Gasteiger partial charge in [-0.05, 0) is 28.3 Å². The Morgan fingerprint density at radius 3 is 1.41 bits per heavy atom. The Bertz CT molecular complexity index is 2660. The van der Waals surface area contributed by atoms with Gasteiger partial charge in [-0.3, -0.25) is 24.0 Å². The topological polar surface area (TPSA) is 202 Å². The van der Waals surface area contributed by atoms with Crippen molar-refractivity contribution in [3.8, 4) is 11.1 Å². The quantitative estimate of drug-likeness (QED) is 0.0240. The Morgan fingerprint density at radius 2 is 0.930 bits per heavy atom. The van der Waals surface area contributed by atoms with Crippen LogP contribution in [0.15, 0.2) is 171 Å². The molecule has 0 radical (unpaired) electrons. The number of carbonyl (C=O) groups excluding carboxylic acids is 7. The van der Waals surface area contributed by atoms with Crippen molar-refractivity contribution in [1.29, 1.82) is 0 Å². The first-order valence-corrected chi connectivity index (χ1v) is 22.9. The number of rotatable bonds is 24. The second-order valence-corrected chi connectivity index (χ2v) is 16.4. The van der Waals surface area contributed by atoms with Crippen molar-refractivity contribution in [2.45, 2.75) is 48.9 Å². The standard InChI is InChI=1S/C55H52ClN3O12/c1-4-29-67-48(60)32-45(57-52(64)46(33-49(61)68-30-5-2)59-54(66)70-35-42-40-25-15-13-23-38(40)39-24-14-16-26-41(39)42)51(63)58-47(34-50(62)69-31-6-3)53(65)71-55(36-19-9-7-10-20-36,37-21-11-8-12-22-37)43-27-17-18-28-44(43)56/h4-28,42,45-47H,1-3,29-35H2,(H,57,64)(H,58,63)(H,59,66)/t45-,46-,47-/m0/s1. The van der Waals surface area contributed by atoms with Gasteiger partial charge < -0.3 is 39.6 Å². The molecule has 3 amide bonds. The molecule has 0 aliphatic heterocycles. The molecule has 0 spiro atoms. The normalized spacial score (nSPS) is 12.7. The Balaban J connectivity index is 1.30. The van der Waals surface area contributed by atoms with E-state index < -0.39 is 84.8 Å². The fraction of sp³-hybridized carbons (Fsp3) is 0.218. The van der Waals surface area contributed by atoms with Gasteiger partial charge in [-0.25, -0.2) is 9.59 Å². The minimum atomic E-state index is -1.87. The van der Waals surface area contributed by atoms with E-state index in [2.05, 4.69) is 35.7 Å². The van der Waals surface area contributed by atoms with Crippen molar-refractivity contribution >= 4 is 53.4 Å². The Kier molecular flexibility index (Phi) is 18.6. The van der Waals surface area contributed by atoms with Gasteiger partial charge >= 0.3 is 30.0 Å². The van der Waals surface area contributed by atoms with Crippen molar-refractivity contribution in [3.05, 3.63) is 204 Å². The molecule has 5 aromatic carbocycles. The third-order valence-corrected chi connectivity index (χ3v) is 11.6. The molecule has 3 atom stereocenters. The summed E-state index contributed by atoms with van der Waals surface area (Å²) >= 11 is 6.87. The number of benzene rings is 5. The number of hydrogen-bond donors (Lipinski definition) is 3. The Morgan fingerprint density at radius 1 is 0.521 bits per heavy atom. The number of halogens is 1. The number of carbonyl (C=O) groups is 7. The summed E-state index contributed by atoms with van der Waals surface area (Å²) in [7, 11) is 0. The van der Waals surface area contributed by atoms with Crippen LogP contribution in [0.2, 0.25) is 5.02 Å². The summed E-state index contributed by atoms with van der Waals surface area (Å²) in [6.07, 6.45) is 0.390. The van der Waals surface area contributed by atoms with Crippen molar-refractivity contribution in [2.75, 3.05) is 26.4 Å². The predicted molar refractivity (Wildman–Crippen MR) is 263 cm³/mol. The number of hydrogen-bond acceptors (Lipinski definition) is 12.